The van der Waals surface area contributed by atoms with Gasteiger partial charge in [0.1, 0.15) is 5.75 Å². The van der Waals surface area contributed by atoms with E-state index in [1.807, 2.05) is 50.2 Å². The molecule has 0 N–H and O–H groups in total. The van der Waals surface area contributed by atoms with E-state index in [0.29, 0.717) is 37.7 Å². The van der Waals surface area contributed by atoms with Gasteiger partial charge in [-0.15, -0.1) is 0 Å². The SMILES string of the molecule is CCOc1ccc(/C=C/C(=O)N2CCN(S(=O)(=O)c3cc(C)ccc3C)CC2)cc1. The van der Waals surface area contributed by atoms with E-state index < -0.39 is 10.0 Å². The van der Waals surface area contributed by atoms with Crippen molar-refractivity contribution < 1.29 is 17.9 Å². The first-order chi connectivity index (χ1) is 14.3. The highest BCUT2D eigenvalue weighted by Crippen LogP contribution is 2.22. The van der Waals surface area contributed by atoms with Crippen LogP contribution in [0.3, 0.4) is 0 Å². The molecule has 0 unspecified atom stereocenters. The molecular weight excluding hydrogens is 400 g/mol. The van der Waals surface area contributed by atoms with Crippen LogP contribution in [0.5, 0.6) is 5.75 Å². The Bertz CT molecular complexity index is 1020. The molecule has 1 saturated heterocycles. The maximum atomic E-state index is 13.0. The number of benzene rings is 2. The zero-order valence-electron chi connectivity index (χ0n) is 17.7. The molecule has 0 bridgehead atoms. The number of rotatable bonds is 6. The van der Waals surface area contributed by atoms with Gasteiger partial charge in [0.05, 0.1) is 11.5 Å². The van der Waals surface area contributed by atoms with Crippen molar-refractivity contribution in [2.75, 3.05) is 32.8 Å². The largest absolute Gasteiger partial charge is 0.494 e. The van der Waals surface area contributed by atoms with E-state index in [1.165, 1.54) is 10.4 Å². The third-order valence-corrected chi connectivity index (χ3v) is 7.16. The number of amides is 1. The molecule has 0 aromatic heterocycles. The van der Waals surface area contributed by atoms with E-state index in [2.05, 4.69) is 0 Å². The van der Waals surface area contributed by atoms with Crippen LogP contribution in [-0.4, -0.2) is 56.3 Å². The number of carbonyl (C=O) groups is 1. The first-order valence-corrected chi connectivity index (χ1v) is 11.5. The van der Waals surface area contributed by atoms with Gasteiger partial charge in [0, 0.05) is 32.3 Å². The lowest BCUT2D eigenvalue weighted by atomic mass is 10.2. The molecule has 30 heavy (non-hydrogen) atoms. The number of carbonyl (C=O) groups excluding carboxylic acids is 1. The topological polar surface area (TPSA) is 66.9 Å². The molecule has 2 aromatic rings. The van der Waals surface area contributed by atoms with Crippen LogP contribution in [0.2, 0.25) is 0 Å². The van der Waals surface area contributed by atoms with Crippen LogP contribution in [0.1, 0.15) is 23.6 Å². The molecule has 1 heterocycles. The molecule has 1 fully saturated rings. The van der Waals surface area contributed by atoms with Crippen molar-refractivity contribution in [3.05, 3.63) is 65.2 Å². The Morgan fingerprint density at radius 1 is 1.03 bits per heavy atom. The minimum Gasteiger partial charge on any atom is -0.494 e. The van der Waals surface area contributed by atoms with Crippen LogP contribution in [-0.2, 0) is 14.8 Å². The summed E-state index contributed by atoms with van der Waals surface area (Å²) in [6.45, 7) is 7.55. The third-order valence-electron chi connectivity index (χ3n) is 5.12. The molecule has 6 nitrogen and oxygen atoms in total. The molecule has 1 aliphatic heterocycles. The molecule has 0 radical (unpaired) electrons. The smallest absolute Gasteiger partial charge is 0.246 e. The summed E-state index contributed by atoms with van der Waals surface area (Å²) in [6.07, 6.45) is 3.29. The molecule has 0 aliphatic carbocycles. The summed E-state index contributed by atoms with van der Waals surface area (Å²) in [5, 5.41) is 0. The summed E-state index contributed by atoms with van der Waals surface area (Å²) in [5.41, 5.74) is 2.55. The van der Waals surface area contributed by atoms with Crippen LogP contribution in [0.25, 0.3) is 6.08 Å². The summed E-state index contributed by atoms with van der Waals surface area (Å²) in [7, 11) is -3.56. The van der Waals surface area contributed by atoms with Crippen molar-refractivity contribution in [1.29, 1.82) is 0 Å². The highest BCUT2D eigenvalue weighted by Gasteiger charge is 2.30. The van der Waals surface area contributed by atoms with Crippen LogP contribution in [0.15, 0.2) is 53.4 Å². The fourth-order valence-electron chi connectivity index (χ4n) is 3.39. The molecule has 7 heteroatoms. The molecule has 1 aliphatic rings. The van der Waals surface area contributed by atoms with Gasteiger partial charge >= 0.3 is 0 Å². The van der Waals surface area contributed by atoms with E-state index in [9.17, 15) is 13.2 Å². The highest BCUT2D eigenvalue weighted by molar-refractivity contribution is 7.89. The Morgan fingerprint density at radius 3 is 2.33 bits per heavy atom. The van der Waals surface area contributed by atoms with Gasteiger partial charge in [-0.2, -0.15) is 4.31 Å². The van der Waals surface area contributed by atoms with Crippen molar-refractivity contribution in [3.63, 3.8) is 0 Å². The van der Waals surface area contributed by atoms with Crippen molar-refractivity contribution >= 4 is 22.0 Å². The maximum Gasteiger partial charge on any atom is 0.246 e. The first-order valence-electron chi connectivity index (χ1n) is 10.1. The van der Waals surface area contributed by atoms with Gasteiger partial charge in [0.2, 0.25) is 15.9 Å². The summed E-state index contributed by atoms with van der Waals surface area (Å²) in [4.78, 5) is 14.5. The lowest BCUT2D eigenvalue weighted by Crippen LogP contribution is -2.50. The van der Waals surface area contributed by atoms with Crippen molar-refractivity contribution in [1.82, 2.24) is 9.21 Å². The van der Waals surface area contributed by atoms with E-state index in [4.69, 9.17) is 4.74 Å². The molecule has 2 aromatic carbocycles. The summed E-state index contributed by atoms with van der Waals surface area (Å²) < 4.78 is 32.9. The summed E-state index contributed by atoms with van der Waals surface area (Å²) in [5.74, 6) is 0.676. The van der Waals surface area contributed by atoms with Gasteiger partial charge in [-0.1, -0.05) is 24.3 Å². The number of ether oxygens (including phenoxy) is 1. The fourth-order valence-corrected chi connectivity index (χ4v) is 5.12. The third kappa shape index (κ3) is 5.09. The average Bonchev–Trinajstić information content (AvgIpc) is 2.75. The molecular formula is C23H28N2O4S. The lowest BCUT2D eigenvalue weighted by molar-refractivity contribution is -0.127. The molecule has 1 amide bonds. The molecule has 160 valence electrons. The highest BCUT2D eigenvalue weighted by atomic mass is 32.2. The van der Waals surface area contributed by atoms with E-state index >= 15 is 0 Å². The van der Waals surface area contributed by atoms with E-state index in [-0.39, 0.29) is 5.91 Å². The Labute approximate surface area is 178 Å². The Hall–Kier alpha value is -2.64. The molecule has 0 spiro atoms. The van der Waals surface area contributed by atoms with Gasteiger partial charge in [-0.3, -0.25) is 4.79 Å². The zero-order valence-corrected chi connectivity index (χ0v) is 18.5. The lowest BCUT2D eigenvalue weighted by Gasteiger charge is -2.33. The maximum absolute atomic E-state index is 13.0. The monoisotopic (exact) mass is 428 g/mol. The van der Waals surface area contributed by atoms with Crippen molar-refractivity contribution in [3.8, 4) is 5.75 Å². The Kier molecular flexibility index (Phi) is 6.95. The Balaban J connectivity index is 1.60. The molecule has 0 saturated carbocycles. The van der Waals surface area contributed by atoms with Crippen LogP contribution < -0.4 is 4.74 Å². The fraction of sp³-hybridized carbons (Fsp3) is 0.348. The summed E-state index contributed by atoms with van der Waals surface area (Å²) in [6, 6.07) is 13.0. The van der Waals surface area contributed by atoms with Crippen LogP contribution in [0, 0.1) is 13.8 Å². The summed E-state index contributed by atoms with van der Waals surface area (Å²) >= 11 is 0. The number of aryl methyl sites for hydroxylation is 2. The quantitative estimate of drug-likeness (QED) is 0.663. The normalized spacial score (nSPS) is 15.5. The second kappa shape index (κ2) is 9.45. The van der Waals surface area contributed by atoms with Gasteiger partial charge in [0.15, 0.2) is 0 Å². The molecule has 3 rings (SSSR count). The second-order valence-corrected chi connectivity index (χ2v) is 9.24. The number of hydrogen-bond donors (Lipinski definition) is 0. The number of piperazine rings is 1. The van der Waals surface area contributed by atoms with Crippen molar-refractivity contribution in [2.24, 2.45) is 0 Å². The number of hydrogen-bond acceptors (Lipinski definition) is 4. The minimum absolute atomic E-state index is 0.118. The number of nitrogens with zero attached hydrogens (tertiary/aromatic N) is 2. The van der Waals surface area contributed by atoms with Crippen molar-refractivity contribution in [2.45, 2.75) is 25.7 Å². The van der Waals surface area contributed by atoms with Crippen LogP contribution >= 0.6 is 0 Å². The molecule has 0 atom stereocenters. The van der Waals surface area contributed by atoms with Gasteiger partial charge < -0.3 is 9.64 Å². The van der Waals surface area contributed by atoms with E-state index in [0.717, 1.165) is 22.4 Å². The zero-order chi connectivity index (χ0) is 21.7. The number of sulfonamides is 1. The average molecular weight is 429 g/mol. The predicted octanol–water partition coefficient (Wildman–Crippen LogP) is 3.25. The minimum atomic E-state index is -3.56. The van der Waals surface area contributed by atoms with Gasteiger partial charge in [0.25, 0.3) is 0 Å². The Morgan fingerprint density at radius 2 is 1.70 bits per heavy atom. The first kappa shape index (κ1) is 22.1. The van der Waals surface area contributed by atoms with Gasteiger partial charge in [-0.05, 0) is 61.7 Å². The van der Waals surface area contributed by atoms with E-state index in [1.54, 1.807) is 24.0 Å². The standard InChI is InChI=1S/C23H28N2O4S/c1-4-29-21-10-7-20(8-11-21)9-12-23(26)24-13-15-25(16-14-24)30(27,28)22-17-18(2)5-6-19(22)3/h5-12,17H,4,13-16H2,1-3H3/b12-9+. The predicted molar refractivity (Wildman–Crippen MR) is 118 cm³/mol. The van der Waals surface area contributed by atoms with Gasteiger partial charge in [-0.25, -0.2) is 8.42 Å². The second-order valence-electron chi connectivity index (χ2n) is 7.33. The van der Waals surface area contributed by atoms with Crippen LogP contribution in [0.4, 0.5) is 0 Å².